The van der Waals surface area contributed by atoms with Crippen molar-refractivity contribution in [2.45, 2.75) is 32.9 Å². The minimum atomic E-state index is -0.103. The SMILES string of the molecule is CC(C)(C)Nc1c(-c2ccccc2)nc2n(Cc3ccccc3)c(-c3ccccc3)cn12. The molecule has 0 saturated carbocycles. The Hall–Kier alpha value is -3.79. The highest BCUT2D eigenvalue weighted by Crippen LogP contribution is 2.34. The lowest BCUT2D eigenvalue weighted by Crippen LogP contribution is -2.27. The summed E-state index contributed by atoms with van der Waals surface area (Å²) in [6, 6.07) is 31.5. The van der Waals surface area contributed by atoms with E-state index in [2.05, 4.69) is 126 Å². The quantitative estimate of drug-likeness (QED) is 0.342. The highest BCUT2D eigenvalue weighted by molar-refractivity contribution is 5.78. The summed E-state index contributed by atoms with van der Waals surface area (Å²) in [5.74, 6) is 1.95. The summed E-state index contributed by atoms with van der Waals surface area (Å²) in [5, 5.41) is 3.71. The second-order valence-electron chi connectivity index (χ2n) is 9.17. The molecule has 0 spiro atoms. The highest BCUT2D eigenvalue weighted by Gasteiger charge is 2.23. The molecule has 2 aromatic heterocycles. The smallest absolute Gasteiger partial charge is 0.217 e. The Bertz CT molecular complexity index is 1320. The van der Waals surface area contributed by atoms with Gasteiger partial charge in [0, 0.05) is 17.3 Å². The number of aromatic nitrogens is 3. The third kappa shape index (κ3) is 3.92. The fourth-order valence-corrected chi connectivity index (χ4v) is 4.07. The molecule has 2 heterocycles. The van der Waals surface area contributed by atoms with E-state index < -0.39 is 0 Å². The van der Waals surface area contributed by atoms with Gasteiger partial charge in [0.25, 0.3) is 0 Å². The largest absolute Gasteiger partial charge is 0.365 e. The monoisotopic (exact) mass is 420 g/mol. The molecule has 1 N–H and O–H groups in total. The van der Waals surface area contributed by atoms with E-state index in [9.17, 15) is 0 Å². The first-order valence-electron chi connectivity index (χ1n) is 11.0. The molecule has 0 atom stereocenters. The maximum Gasteiger partial charge on any atom is 0.217 e. The zero-order valence-electron chi connectivity index (χ0n) is 18.8. The average Bonchev–Trinajstić information content (AvgIpc) is 3.32. The third-order valence-corrected chi connectivity index (χ3v) is 5.47. The Morgan fingerprint density at radius 2 is 1.31 bits per heavy atom. The molecule has 0 aliphatic rings. The summed E-state index contributed by atoms with van der Waals surface area (Å²) in [6.45, 7) is 7.29. The van der Waals surface area contributed by atoms with Gasteiger partial charge < -0.3 is 9.88 Å². The number of hydrogen-bond acceptors (Lipinski definition) is 2. The fourth-order valence-electron chi connectivity index (χ4n) is 4.07. The summed E-state index contributed by atoms with van der Waals surface area (Å²) < 4.78 is 4.52. The minimum absolute atomic E-state index is 0.103. The van der Waals surface area contributed by atoms with Crippen molar-refractivity contribution < 1.29 is 0 Å². The summed E-state index contributed by atoms with van der Waals surface area (Å²) in [5.41, 5.74) is 5.55. The Labute approximate surface area is 189 Å². The van der Waals surface area contributed by atoms with Gasteiger partial charge in [-0.05, 0) is 31.9 Å². The maximum atomic E-state index is 5.17. The van der Waals surface area contributed by atoms with Crippen molar-refractivity contribution in [3.8, 4) is 22.5 Å². The van der Waals surface area contributed by atoms with Gasteiger partial charge in [0.05, 0.1) is 12.2 Å². The van der Waals surface area contributed by atoms with Crippen LogP contribution in [0.15, 0.2) is 97.2 Å². The lowest BCUT2D eigenvalue weighted by atomic mass is 10.1. The lowest BCUT2D eigenvalue weighted by molar-refractivity contribution is 0.629. The van der Waals surface area contributed by atoms with Gasteiger partial charge in [-0.25, -0.2) is 4.98 Å². The minimum Gasteiger partial charge on any atom is -0.365 e. The van der Waals surface area contributed by atoms with E-state index in [0.717, 1.165) is 35.1 Å². The molecule has 0 bridgehead atoms. The van der Waals surface area contributed by atoms with Gasteiger partial charge in [0.1, 0.15) is 11.5 Å². The van der Waals surface area contributed by atoms with E-state index in [1.807, 2.05) is 6.07 Å². The van der Waals surface area contributed by atoms with Crippen molar-refractivity contribution in [1.82, 2.24) is 14.0 Å². The van der Waals surface area contributed by atoms with Crippen LogP contribution in [0.5, 0.6) is 0 Å². The molecule has 4 nitrogen and oxygen atoms in total. The van der Waals surface area contributed by atoms with Crippen LogP contribution < -0.4 is 5.32 Å². The van der Waals surface area contributed by atoms with Crippen molar-refractivity contribution in [2.75, 3.05) is 5.32 Å². The van der Waals surface area contributed by atoms with Gasteiger partial charge in [-0.2, -0.15) is 0 Å². The first kappa shape index (κ1) is 20.1. The van der Waals surface area contributed by atoms with Crippen LogP contribution in [-0.4, -0.2) is 19.5 Å². The van der Waals surface area contributed by atoms with E-state index in [4.69, 9.17) is 4.98 Å². The average molecular weight is 421 g/mol. The summed E-state index contributed by atoms with van der Waals surface area (Å²) in [6.07, 6.45) is 2.21. The van der Waals surface area contributed by atoms with Gasteiger partial charge in [0.15, 0.2) is 0 Å². The molecule has 5 aromatic rings. The van der Waals surface area contributed by atoms with Crippen LogP contribution in [0.4, 0.5) is 5.82 Å². The molecule has 0 radical (unpaired) electrons. The maximum absolute atomic E-state index is 5.17. The van der Waals surface area contributed by atoms with Crippen LogP contribution in [-0.2, 0) is 6.54 Å². The van der Waals surface area contributed by atoms with Gasteiger partial charge in [-0.3, -0.25) is 4.40 Å². The third-order valence-electron chi connectivity index (χ3n) is 5.47. The zero-order chi connectivity index (χ0) is 22.1. The molecular formula is C28H28N4. The van der Waals surface area contributed by atoms with E-state index >= 15 is 0 Å². The highest BCUT2D eigenvalue weighted by atomic mass is 15.3. The molecule has 0 saturated heterocycles. The first-order valence-corrected chi connectivity index (χ1v) is 11.0. The van der Waals surface area contributed by atoms with Crippen molar-refractivity contribution in [2.24, 2.45) is 0 Å². The molecule has 0 amide bonds. The van der Waals surface area contributed by atoms with Crippen molar-refractivity contribution in [3.63, 3.8) is 0 Å². The number of fused-ring (bicyclic) bond motifs is 1. The van der Waals surface area contributed by atoms with Crippen molar-refractivity contribution in [1.29, 1.82) is 0 Å². The van der Waals surface area contributed by atoms with E-state index in [0.29, 0.717) is 0 Å². The molecular weight excluding hydrogens is 392 g/mol. The van der Waals surface area contributed by atoms with Gasteiger partial charge in [0.2, 0.25) is 5.78 Å². The van der Waals surface area contributed by atoms with Crippen LogP contribution in [0, 0.1) is 0 Å². The Kier molecular flexibility index (Phi) is 5.06. The molecule has 32 heavy (non-hydrogen) atoms. The molecule has 0 unspecified atom stereocenters. The predicted octanol–water partition coefficient (Wildman–Crippen LogP) is 6.73. The number of anilines is 1. The summed E-state index contributed by atoms with van der Waals surface area (Å²) in [4.78, 5) is 5.17. The second kappa shape index (κ2) is 8.04. The van der Waals surface area contributed by atoms with Crippen LogP contribution in [0.2, 0.25) is 0 Å². The lowest BCUT2D eigenvalue weighted by Gasteiger charge is -2.22. The van der Waals surface area contributed by atoms with E-state index in [1.54, 1.807) is 0 Å². The van der Waals surface area contributed by atoms with E-state index in [-0.39, 0.29) is 5.54 Å². The molecule has 3 aromatic carbocycles. The number of nitrogens with one attached hydrogen (secondary N) is 1. The standard InChI is InChI=1S/C28H28N4/c1-28(2,3)30-26-25(23-17-11-6-12-18-23)29-27-31(19-21-13-7-4-8-14-21)24(20-32(26)27)22-15-9-5-10-16-22/h4-18,20,30H,19H2,1-3H3. The molecule has 4 heteroatoms. The number of imidazole rings is 2. The number of nitrogens with zero attached hydrogens (tertiary/aromatic N) is 3. The van der Waals surface area contributed by atoms with Crippen LogP contribution in [0.3, 0.4) is 0 Å². The summed E-state index contributed by atoms with van der Waals surface area (Å²) >= 11 is 0. The Morgan fingerprint density at radius 3 is 1.91 bits per heavy atom. The Balaban J connectivity index is 1.76. The van der Waals surface area contributed by atoms with Crippen molar-refractivity contribution in [3.05, 3.63) is 103 Å². The van der Waals surface area contributed by atoms with Gasteiger partial charge in [-0.15, -0.1) is 0 Å². The van der Waals surface area contributed by atoms with Crippen LogP contribution >= 0.6 is 0 Å². The molecule has 5 rings (SSSR count). The Morgan fingerprint density at radius 1 is 0.750 bits per heavy atom. The summed E-state index contributed by atoms with van der Waals surface area (Å²) in [7, 11) is 0. The van der Waals surface area contributed by atoms with E-state index in [1.165, 1.54) is 11.1 Å². The van der Waals surface area contributed by atoms with Crippen molar-refractivity contribution >= 4 is 11.6 Å². The fraction of sp³-hybridized carbons (Fsp3) is 0.179. The van der Waals surface area contributed by atoms with Crippen LogP contribution in [0.1, 0.15) is 26.3 Å². The zero-order valence-corrected chi connectivity index (χ0v) is 18.8. The number of hydrogen-bond donors (Lipinski definition) is 1. The number of benzene rings is 3. The number of rotatable bonds is 5. The van der Waals surface area contributed by atoms with Gasteiger partial charge in [-0.1, -0.05) is 91.0 Å². The predicted molar refractivity (Wildman–Crippen MR) is 133 cm³/mol. The molecule has 0 aliphatic heterocycles. The molecule has 160 valence electrons. The molecule has 0 aliphatic carbocycles. The van der Waals surface area contributed by atoms with Crippen LogP contribution in [0.25, 0.3) is 28.3 Å². The molecule has 0 fully saturated rings. The first-order chi connectivity index (χ1) is 15.5. The second-order valence-corrected chi connectivity index (χ2v) is 9.17. The normalized spacial score (nSPS) is 11.7. The topological polar surface area (TPSA) is 34.3 Å². The van der Waals surface area contributed by atoms with Gasteiger partial charge >= 0.3 is 0 Å².